The van der Waals surface area contributed by atoms with E-state index < -0.39 is 0 Å². The highest BCUT2D eigenvalue weighted by molar-refractivity contribution is 5.86. The normalized spacial score (nSPS) is 22.0. The SMILES string of the molecule is CC(c1cccc2ccccc12)N1CCOC(CN)C1. The summed E-state index contributed by atoms with van der Waals surface area (Å²) in [5.41, 5.74) is 7.13. The molecule has 3 rings (SSSR count). The van der Waals surface area contributed by atoms with E-state index in [-0.39, 0.29) is 6.10 Å². The molecular formula is C17H22N2O. The van der Waals surface area contributed by atoms with Gasteiger partial charge < -0.3 is 10.5 Å². The molecule has 1 aliphatic heterocycles. The van der Waals surface area contributed by atoms with Crippen molar-refractivity contribution in [3.63, 3.8) is 0 Å². The Labute approximate surface area is 120 Å². The lowest BCUT2D eigenvalue weighted by atomic mass is 9.98. The highest BCUT2D eigenvalue weighted by Crippen LogP contribution is 2.29. The zero-order valence-corrected chi connectivity index (χ0v) is 12.0. The number of hydrogen-bond acceptors (Lipinski definition) is 3. The Kier molecular flexibility index (Phi) is 4.01. The molecule has 2 N–H and O–H groups in total. The Balaban J connectivity index is 1.90. The molecule has 0 bridgehead atoms. The first-order valence-corrected chi connectivity index (χ1v) is 7.33. The highest BCUT2D eigenvalue weighted by Gasteiger charge is 2.24. The predicted octanol–water partition coefficient (Wildman–Crippen LogP) is 2.56. The molecule has 0 amide bonds. The van der Waals surface area contributed by atoms with Crippen molar-refractivity contribution in [3.8, 4) is 0 Å². The number of ether oxygens (including phenoxy) is 1. The molecule has 2 aromatic rings. The van der Waals surface area contributed by atoms with Crippen LogP contribution >= 0.6 is 0 Å². The summed E-state index contributed by atoms with van der Waals surface area (Å²) in [6, 6.07) is 15.5. The van der Waals surface area contributed by atoms with E-state index in [1.165, 1.54) is 16.3 Å². The van der Waals surface area contributed by atoms with Crippen molar-refractivity contribution < 1.29 is 4.74 Å². The molecule has 2 atom stereocenters. The lowest BCUT2D eigenvalue weighted by Gasteiger charge is -2.37. The molecular weight excluding hydrogens is 248 g/mol. The van der Waals surface area contributed by atoms with Crippen LogP contribution in [0.15, 0.2) is 42.5 Å². The monoisotopic (exact) mass is 270 g/mol. The van der Waals surface area contributed by atoms with Crippen molar-refractivity contribution in [1.82, 2.24) is 4.90 Å². The topological polar surface area (TPSA) is 38.5 Å². The van der Waals surface area contributed by atoms with E-state index in [0.717, 1.165) is 19.7 Å². The van der Waals surface area contributed by atoms with E-state index in [1.54, 1.807) is 0 Å². The summed E-state index contributed by atoms with van der Waals surface area (Å²) in [6.45, 7) is 5.54. The van der Waals surface area contributed by atoms with Crippen LogP contribution in [0.4, 0.5) is 0 Å². The summed E-state index contributed by atoms with van der Waals surface area (Å²) in [6.07, 6.45) is 0.168. The average molecular weight is 270 g/mol. The first-order chi connectivity index (χ1) is 9.79. The second-order valence-electron chi connectivity index (χ2n) is 5.47. The van der Waals surface area contributed by atoms with Gasteiger partial charge in [-0.3, -0.25) is 4.90 Å². The van der Waals surface area contributed by atoms with Crippen LogP contribution in [-0.4, -0.2) is 37.2 Å². The highest BCUT2D eigenvalue weighted by atomic mass is 16.5. The molecule has 0 aromatic heterocycles. The van der Waals surface area contributed by atoms with Gasteiger partial charge in [0.05, 0.1) is 12.7 Å². The Hall–Kier alpha value is -1.42. The fourth-order valence-corrected chi connectivity index (χ4v) is 3.05. The zero-order valence-electron chi connectivity index (χ0n) is 12.0. The lowest BCUT2D eigenvalue weighted by Crippen LogP contribution is -2.46. The van der Waals surface area contributed by atoms with Gasteiger partial charge in [0.25, 0.3) is 0 Å². The van der Waals surface area contributed by atoms with Crippen molar-refractivity contribution in [2.24, 2.45) is 5.73 Å². The van der Waals surface area contributed by atoms with Crippen LogP contribution in [0.3, 0.4) is 0 Å². The molecule has 0 aliphatic carbocycles. The Morgan fingerprint density at radius 1 is 1.25 bits per heavy atom. The van der Waals surface area contributed by atoms with E-state index in [4.69, 9.17) is 10.5 Å². The van der Waals surface area contributed by atoms with Crippen LogP contribution in [-0.2, 0) is 4.74 Å². The number of fused-ring (bicyclic) bond motifs is 1. The summed E-state index contributed by atoms with van der Waals surface area (Å²) < 4.78 is 5.66. The molecule has 1 saturated heterocycles. The Morgan fingerprint density at radius 3 is 2.90 bits per heavy atom. The van der Waals surface area contributed by atoms with Gasteiger partial charge in [-0.2, -0.15) is 0 Å². The van der Waals surface area contributed by atoms with Crippen molar-refractivity contribution in [3.05, 3.63) is 48.0 Å². The van der Waals surface area contributed by atoms with Gasteiger partial charge in [-0.05, 0) is 23.3 Å². The molecule has 3 heteroatoms. The number of benzene rings is 2. The van der Waals surface area contributed by atoms with Gasteiger partial charge in [0.15, 0.2) is 0 Å². The quantitative estimate of drug-likeness (QED) is 0.931. The smallest absolute Gasteiger partial charge is 0.0824 e. The van der Waals surface area contributed by atoms with E-state index >= 15 is 0 Å². The third kappa shape index (κ3) is 2.57. The maximum Gasteiger partial charge on any atom is 0.0824 e. The third-order valence-corrected chi connectivity index (χ3v) is 4.25. The summed E-state index contributed by atoms with van der Waals surface area (Å²) in [7, 11) is 0. The van der Waals surface area contributed by atoms with E-state index in [2.05, 4.69) is 54.3 Å². The summed E-state index contributed by atoms with van der Waals surface area (Å²) in [4.78, 5) is 2.48. The maximum absolute atomic E-state index is 5.74. The summed E-state index contributed by atoms with van der Waals surface area (Å²) in [5, 5.41) is 2.65. The van der Waals surface area contributed by atoms with E-state index in [0.29, 0.717) is 12.6 Å². The molecule has 2 unspecified atom stereocenters. The van der Waals surface area contributed by atoms with Crippen LogP contribution < -0.4 is 5.73 Å². The largest absolute Gasteiger partial charge is 0.374 e. The third-order valence-electron chi connectivity index (χ3n) is 4.25. The molecule has 1 heterocycles. The molecule has 3 nitrogen and oxygen atoms in total. The van der Waals surface area contributed by atoms with Crippen LogP contribution in [0.25, 0.3) is 10.8 Å². The van der Waals surface area contributed by atoms with E-state index in [9.17, 15) is 0 Å². The van der Waals surface area contributed by atoms with E-state index in [1.807, 2.05) is 0 Å². The van der Waals surface area contributed by atoms with Crippen molar-refractivity contribution in [2.45, 2.75) is 19.1 Å². The predicted molar refractivity (Wildman–Crippen MR) is 82.7 cm³/mol. The fourth-order valence-electron chi connectivity index (χ4n) is 3.05. The minimum absolute atomic E-state index is 0.168. The van der Waals surface area contributed by atoms with Crippen LogP contribution in [0, 0.1) is 0 Å². The molecule has 0 saturated carbocycles. The Bertz CT molecular complexity index is 579. The van der Waals surface area contributed by atoms with Crippen LogP contribution in [0.1, 0.15) is 18.5 Å². The summed E-state index contributed by atoms with van der Waals surface area (Å²) >= 11 is 0. The van der Waals surface area contributed by atoms with Gasteiger partial charge in [-0.25, -0.2) is 0 Å². The first-order valence-electron chi connectivity index (χ1n) is 7.33. The maximum atomic E-state index is 5.74. The second kappa shape index (κ2) is 5.92. The standard InChI is InChI=1S/C17H22N2O/c1-13(19-9-10-20-15(11-18)12-19)16-8-4-6-14-5-2-3-7-17(14)16/h2-8,13,15H,9-12,18H2,1H3. The van der Waals surface area contributed by atoms with Gasteiger partial charge in [-0.1, -0.05) is 42.5 Å². The fraction of sp³-hybridized carbons (Fsp3) is 0.412. The lowest BCUT2D eigenvalue weighted by molar-refractivity contribution is -0.0362. The van der Waals surface area contributed by atoms with Crippen LogP contribution in [0.5, 0.6) is 0 Å². The van der Waals surface area contributed by atoms with Gasteiger partial charge in [-0.15, -0.1) is 0 Å². The number of rotatable bonds is 3. The number of morpholine rings is 1. The van der Waals surface area contributed by atoms with Gasteiger partial charge in [0.2, 0.25) is 0 Å². The molecule has 106 valence electrons. The number of hydrogen-bond donors (Lipinski definition) is 1. The molecule has 0 spiro atoms. The molecule has 0 radical (unpaired) electrons. The second-order valence-corrected chi connectivity index (χ2v) is 5.47. The molecule has 2 aromatic carbocycles. The van der Waals surface area contributed by atoms with Gasteiger partial charge in [0.1, 0.15) is 0 Å². The van der Waals surface area contributed by atoms with Crippen molar-refractivity contribution >= 4 is 10.8 Å². The van der Waals surface area contributed by atoms with Gasteiger partial charge in [0, 0.05) is 25.7 Å². The first kappa shape index (κ1) is 13.6. The minimum Gasteiger partial charge on any atom is -0.374 e. The average Bonchev–Trinajstić information content (AvgIpc) is 2.53. The van der Waals surface area contributed by atoms with Gasteiger partial charge >= 0.3 is 0 Å². The Morgan fingerprint density at radius 2 is 2.05 bits per heavy atom. The van der Waals surface area contributed by atoms with Crippen molar-refractivity contribution in [2.75, 3.05) is 26.2 Å². The zero-order chi connectivity index (χ0) is 13.9. The molecule has 1 fully saturated rings. The molecule has 20 heavy (non-hydrogen) atoms. The number of nitrogens with zero attached hydrogens (tertiary/aromatic N) is 1. The summed E-state index contributed by atoms with van der Waals surface area (Å²) in [5.74, 6) is 0. The number of nitrogens with two attached hydrogens (primary N) is 1. The molecule has 1 aliphatic rings. The van der Waals surface area contributed by atoms with Crippen LogP contribution in [0.2, 0.25) is 0 Å². The minimum atomic E-state index is 0.168. The van der Waals surface area contributed by atoms with Crippen molar-refractivity contribution in [1.29, 1.82) is 0 Å².